The highest BCUT2D eigenvalue weighted by atomic mass is 16.3. The molecule has 0 saturated heterocycles. The van der Waals surface area contributed by atoms with Gasteiger partial charge in [-0.25, -0.2) is 4.68 Å². The minimum atomic E-state index is -0.333. The number of hydrogen-bond donors (Lipinski definition) is 2. The van der Waals surface area contributed by atoms with Crippen molar-refractivity contribution in [2.75, 3.05) is 5.32 Å². The molecular weight excluding hydrogens is 280 g/mol. The summed E-state index contributed by atoms with van der Waals surface area (Å²) in [5, 5.41) is 17.3. The van der Waals surface area contributed by atoms with Crippen LogP contribution in [0, 0.1) is 5.92 Å². The molecule has 2 aliphatic rings. The number of carbonyl (C=O) groups is 1. The Morgan fingerprint density at radius 1 is 1.36 bits per heavy atom. The average molecular weight is 296 g/mol. The quantitative estimate of drug-likeness (QED) is 0.843. The Balaban J connectivity index is 1.92. The van der Waals surface area contributed by atoms with E-state index in [-0.39, 0.29) is 17.6 Å². The summed E-state index contributed by atoms with van der Waals surface area (Å²) in [7, 11) is 0. The summed E-state index contributed by atoms with van der Waals surface area (Å²) >= 11 is 0. The van der Waals surface area contributed by atoms with Crippen molar-refractivity contribution in [1.29, 1.82) is 0 Å². The number of phenols is 1. The third-order valence-corrected chi connectivity index (χ3v) is 4.25. The smallest absolute Gasteiger partial charge is 0.226 e. The fourth-order valence-electron chi connectivity index (χ4n) is 3.35. The van der Waals surface area contributed by atoms with E-state index in [1.54, 1.807) is 22.9 Å². The predicted molar refractivity (Wildman–Crippen MR) is 80.3 cm³/mol. The lowest BCUT2D eigenvalue weighted by molar-refractivity contribution is -0.117. The monoisotopic (exact) mass is 296 g/mol. The van der Waals surface area contributed by atoms with Crippen molar-refractivity contribution in [2.45, 2.75) is 25.8 Å². The number of nitrogens with one attached hydrogen (secondary N) is 1. The lowest BCUT2D eigenvalue weighted by Gasteiger charge is -2.34. The molecule has 2 aromatic rings. The molecular formula is C16H16N4O2. The molecule has 1 aliphatic heterocycles. The molecule has 2 heterocycles. The minimum absolute atomic E-state index is 0.135. The summed E-state index contributed by atoms with van der Waals surface area (Å²) in [6.07, 6.45) is 2.84. The number of aromatic hydroxyl groups is 1. The zero-order valence-corrected chi connectivity index (χ0v) is 12.2. The molecule has 0 fully saturated rings. The van der Waals surface area contributed by atoms with Gasteiger partial charge >= 0.3 is 0 Å². The number of hydrogen-bond acceptors (Lipinski definition) is 5. The predicted octanol–water partition coefficient (Wildman–Crippen LogP) is 2.25. The summed E-state index contributed by atoms with van der Waals surface area (Å²) in [5.41, 5.74) is 2.50. The van der Waals surface area contributed by atoms with Gasteiger partial charge in [-0.1, -0.05) is 19.1 Å². The van der Waals surface area contributed by atoms with Crippen molar-refractivity contribution >= 4 is 11.7 Å². The maximum absolute atomic E-state index is 12.6. The molecule has 0 spiro atoms. The van der Waals surface area contributed by atoms with E-state index in [2.05, 4.69) is 22.3 Å². The van der Waals surface area contributed by atoms with Crippen LogP contribution in [0.1, 0.15) is 31.4 Å². The third kappa shape index (κ3) is 1.91. The molecule has 6 heteroatoms. The maximum Gasteiger partial charge on any atom is 0.226 e. The first-order chi connectivity index (χ1) is 10.6. The molecule has 4 rings (SSSR count). The van der Waals surface area contributed by atoms with Crippen molar-refractivity contribution in [2.24, 2.45) is 5.92 Å². The Kier molecular flexibility index (Phi) is 2.79. The molecule has 0 amide bonds. The number of anilines is 1. The van der Waals surface area contributed by atoms with Crippen LogP contribution in [0.3, 0.4) is 0 Å². The van der Waals surface area contributed by atoms with E-state index in [0.717, 1.165) is 23.3 Å². The fraction of sp³-hybridized carbons (Fsp3) is 0.312. The number of allylic oxidation sites excluding steroid dienone is 2. The summed E-state index contributed by atoms with van der Waals surface area (Å²) in [6.45, 7) is 2.08. The summed E-state index contributed by atoms with van der Waals surface area (Å²) in [6, 6.07) is 6.64. The Morgan fingerprint density at radius 2 is 2.23 bits per heavy atom. The van der Waals surface area contributed by atoms with E-state index >= 15 is 0 Å². The van der Waals surface area contributed by atoms with Crippen molar-refractivity contribution < 1.29 is 9.90 Å². The molecule has 0 saturated carbocycles. The van der Waals surface area contributed by atoms with Crippen LogP contribution in [0.2, 0.25) is 0 Å². The SMILES string of the molecule is C[C@H]1CC(=O)C2=C(C1)Nc1ncnn1[C@H]2c1cccc(O)c1. The van der Waals surface area contributed by atoms with Gasteiger partial charge < -0.3 is 10.4 Å². The van der Waals surface area contributed by atoms with Gasteiger partial charge in [-0.3, -0.25) is 4.79 Å². The molecule has 0 unspecified atom stereocenters. The largest absolute Gasteiger partial charge is 0.508 e. The Bertz CT molecular complexity index is 793. The van der Waals surface area contributed by atoms with Crippen molar-refractivity contribution in [3.05, 3.63) is 47.4 Å². The Hall–Kier alpha value is -2.63. The van der Waals surface area contributed by atoms with Gasteiger partial charge in [0.05, 0.1) is 0 Å². The number of benzene rings is 1. The van der Waals surface area contributed by atoms with Crippen LogP contribution in [-0.2, 0) is 4.79 Å². The normalized spacial score (nSPS) is 23.8. The standard InChI is InChI=1S/C16H16N4O2/c1-9-5-12-14(13(22)6-9)15(10-3-2-4-11(21)7-10)20-16(19-12)17-8-18-20/h2-4,7-9,15,21H,5-6H2,1H3,(H,17,18,19)/t9-,15+/m1/s1. The van der Waals surface area contributed by atoms with Gasteiger partial charge in [0.1, 0.15) is 18.1 Å². The number of aromatic nitrogens is 3. The van der Waals surface area contributed by atoms with Gasteiger partial charge in [0, 0.05) is 17.7 Å². The molecule has 1 aromatic heterocycles. The summed E-state index contributed by atoms with van der Waals surface area (Å²) < 4.78 is 1.71. The van der Waals surface area contributed by atoms with Crippen LogP contribution >= 0.6 is 0 Å². The molecule has 1 aromatic carbocycles. The Labute approximate surface area is 127 Å². The molecule has 1 aliphatic carbocycles. The van der Waals surface area contributed by atoms with Gasteiger partial charge in [0.15, 0.2) is 5.78 Å². The van der Waals surface area contributed by atoms with Crippen LogP contribution in [0.15, 0.2) is 41.9 Å². The second-order valence-corrected chi connectivity index (χ2v) is 5.98. The van der Waals surface area contributed by atoms with E-state index < -0.39 is 0 Å². The van der Waals surface area contributed by atoms with Crippen molar-refractivity contribution in [3.63, 3.8) is 0 Å². The number of phenolic OH excluding ortho intramolecular Hbond substituents is 1. The molecule has 2 atom stereocenters. The van der Waals surface area contributed by atoms with Crippen LogP contribution < -0.4 is 5.32 Å². The van der Waals surface area contributed by atoms with Gasteiger partial charge in [-0.2, -0.15) is 10.1 Å². The van der Waals surface area contributed by atoms with E-state index in [1.807, 2.05) is 6.07 Å². The summed E-state index contributed by atoms with van der Waals surface area (Å²) in [4.78, 5) is 16.8. The van der Waals surface area contributed by atoms with Crippen LogP contribution in [0.25, 0.3) is 0 Å². The highest BCUT2D eigenvalue weighted by Gasteiger charge is 2.37. The highest BCUT2D eigenvalue weighted by molar-refractivity contribution is 5.99. The van der Waals surface area contributed by atoms with Gasteiger partial charge in [0.2, 0.25) is 5.95 Å². The van der Waals surface area contributed by atoms with Crippen LogP contribution in [0.4, 0.5) is 5.95 Å². The van der Waals surface area contributed by atoms with E-state index in [9.17, 15) is 9.90 Å². The number of nitrogens with zero attached hydrogens (tertiary/aromatic N) is 3. The highest BCUT2D eigenvalue weighted by Crippen LogP contribution is 2.41. The van der Waals surface area contributed by atoms with Crippen LogP contribution in [-0.4, -0.2) is 25.7 Å². The lowest BCUT2D eigenvalue weighted by atomic mass is 9.81. The third-order valence-electron chi connectivity index (χ3n) is 4.25. The number of carbonyl (C=O) groups excluding carboxylic acids is 1. The minimum Gasteiger partial charge on any atom is -0.508 e. The van der Waals surface area contributed by atoms with E-state index in [1.165, 1.54) is 6.33 Å². The Morgan fingerprint density at radius 3 is 3.05 bits per heavy atom. The maximum atomic E-state index is 12.6. The van der Waals surface area contributed by atoms with Gasteiger partial charge in [-0.15, -0.1) is 0 Å². The first kappa shape index (κ1) is 13.1. The zero-order valence-electron chi connectivity index (χ0n) is 12.2. The van der Waals surface area contributed by atoms with Gasteiger partial charge in [-0.05, 0) is 30.0 Å². The topological polar surface area (TPSA) is 80.0 Å². The number of fused-ring (bicyclic) bond motifs is 1. The number of Topliss-reactive ketones (excluding diaryl/α,β-unsaturated/α-hetero) is 1. The molecule has 22 heavy (non-hydrogen) atoms. The van der Waals surface area contributed by atoms with Crippen molar-refractivity contribution in [1.82, 2.24) is 14.8 Å². The molecule has 2 N–H and O–H groups in total. The van der Waals surface area contributed by atoms with Gasteiger partial charge in [0.25, 0.3) is 0 Å². The fourth-order valence-corrected chi connectivity index (χ4v) is 3.35. The van der Waals surface area contributed by atoms with Crippen LogP contribution in [0.5, 0.6) is 5.75 Å². The van der Waals surface area contributed by atoms with Crippen molar-refractivity contribution in [3.8, 4) is 5.75 Å². The zero-order chi connectivity index (χ0) is 15.3. The molecule has 0 radical (unpaired) electrons. The molecule has 0 bridgehead atoms. The first-order valence-corrected chi connectivity index (χ1v) is 7.35. The number of rotatable bonds is 1. The summed E-state index contributed by atoms with van der Waals surface area (Å²) in [5.74, 6) is 1.26. The van der Waals surface area contributed by atoms with E-state index in [0.29, 0.717) is 18.3 Å². The average Bonchev–Trinajstić information content (AvgIpc) is 2.92. The second-order valence-electron chi connectivity index (χ2n) is 5.98. The lowest BCUT2D eigenvalue weighted by Crippen LogP contribution is -2.33. The van der Waals surface area contributed by atoms with E-state index in [4.69, 9.17) is 0 Å². The first-order valence-electron chi connectivity index (χ1n) is 7.35. The number of ketones is 1. The molecule has 112 valence electrons. The molecule has 6 nitrogen and oxygen atoms in total. The second kappa shape index (κ2) is 4.69.